The molecule has 3 heterocycles. The molecule has 0 aromatic carbocycles. The molecule has 7 nitrogen and oxygen atoms in total. The molecule has 1 aromatic rings. The van der Waals surface area contributed by atoms with Crippen molar-refractivity contribution in [2.75, 3.05) is 0 Å². The second-order valence-corrected chi connectivity index (χ2v) is 11.8. The zero-order valence-corrected chi connectivity index (χ0v) is 22.4. The van der Waals surface area contributed by atoms with Gasteiger partial charge in [0, 0.05) is 23.1 Å². The van der Waals surface area contributed by atoms with Crippen LogP contribution in [0.25, 0.3) is 6.08 Å². The molecule has 0 aliphatic carbocycles. The largest absolute Gasteiger partial charge is 0.458 e. The number of hydrogen-bond donors (Lipinski definition) is 1. The van der Waals surface area contributed by atoms with Crippen molar-refractivity contribution in [1.29, 1.82) is 5.26 Å². The maximum Gasteiger partial charge on any atom is 0.307 e. The molecule has 1 N–H and O–H groups in total. The molecular formula is C27H38N2O5S. The molecule has 1 aromatic heterocycles. The summed E-state index contributed by atoms with van der Waals surface area (Å²) in [6.45, 7) is 10.9. The molecule has 0 saturated carbocycles. The molecule has 0 radical (unpaired) electrons. The van der Waals surface area contributed by atoms with E-state index in [1.807, 2.05) is 32.2 Å². The molecule has 0 spiro atoms. The highest BCUT2D eigenvalue weighted by Crippen LogP contribution is 2.38. The van der Waals surface area contributed by atoms with Crippen LogP contribution >= 0.6 is 11.3 Å². The van der Waals surface area contributed by atoms with Crippen LogP contribution in [0.2, 0.25) is 0 Å². The standard InChI is InChI=1S/C27H38N2O5S/c1-15-8-7-9-21-23(33-21)12-22(16(2)10-20-14-35-18(4)29-20)34-24(30)11-19(13-28)27(5,6)26(32)17(3)25(15)31/h10,14-15,17,19,21-23,25,31H,7-9,11-12H2,1-6H3/t15-,17?,19-,21+,22-,23?,25-/m0/s1. The summed E-state index contributed by atoms with van der Waals surface area (Å²) in [5, 5.41) is 23.6. The van der Waals surface area contributed by atoms with E-state index in [1.165, 1.54) is 0 Å². The van der Waals surface area contributed by atoms with Gasteiger partial charge in [-0.1, -0.05) is 34.1 Å². The van der Waals surface area contributed by atoms with E-state index >= 15 is 0 Å². The Morgan fingerprint density at radius 1 is 1.29 bits per heavy atom. The smallest absolute Gasteiger partial charge is 0.307 e. The first-order chi connectivity index (χ1) is 16.4. The van der Waals surface area contributed by atoms with Crippen molar-refractivity contribution < 1.29 is 24.2 Å². The van der Waals surface area contributed by atoms with Crippen LogP contribution in [0.4, 0.5) is 0 Å². The van der Waals surface area contributed by atoms with Crippen LogP contribution in [0.5, 0.6) is 0 Å². The van der Waals surface area contributed by atoms with Crippen LogP contribution in [-0.2, 0) is 19.1 Å². The highest BCUT2D eigenvalue weighted by Gasteiger charge is 2.45. The predicted molar refractivity (Wildman–Crippen MR) is 134 cm³/mol. The predicted octanol–water partition coefficient (Wildman–Crippen LogP) is 4.87. The molecule has 7 atom stereocenters. The summed E-state index contributed by atoms with van der Waals surface area (Å²) >= 11 is 1.56. The molecule has 8 heteroatoms. The number of carbonyl (C=O) groups excluding carboxylic acids is 2. The number of aromatic nitrogens is 1. The zero-order valence-electron chi connectivity index (χ0n) is 21.6. The maximum atomic E-state index is 13.3. The van der Waals surface area contributed by atoms with Gasteiger partial charge in [0.15, 0.2) is 0 Å². The molecule has 0 bridgehead atoms. The first-order valence-electron chi connectivity index (χ1n) is 12.5. The average Bonchev–Trinajstić information content (AvgIpc) is 3.42. The second-order valence-electron chi connectivity index (χ2n) is 10.8. The average molecular weight is 503 g/mol. The first-order valence-corrected chi connectivity index (χ1v) is 13.4. The number of epoxide rings is 1. The molecule has 2 fully saturated rings. The van der Waals surface area contributed by atoms with E-state index < -0.39 is 35.4 Å². The number of nitrogens with zero attached hydrogens (tertiary/aromatic N) is 2. The number of thiazole rings is 1. The van der Waals surface area contributed by atoms with Crippen LogP contribution < -0.4 is 0 Å². The Balaban J connectivity index is 1.85. The summed E-state index contributed by atoms with van der Waals surface area (Å²) < 4.78 is 11.8. The number of hydrogen-bond acceptors (Lipinski definition) is 8. The van der Waals surface area contributed by atoms with Crippen LogP contribution in [0.1, 0.15) is 77.4 Å². The molecule has 2 aliphatic rings. The Morgan fingerprint density at radius 3 is 2.63 bits per heavy atom. The summed E-state index contributed by atoms with van der Waals surface area (Å²) in [6.07, 6.45) is 3.61. The summed E-state index contributed by atoms with van der Waals surface area (Å²) in [4.78, 5) is 30.8. The molecular weight excluding hydrogens is 464 g/mol. The number of ketones is 1. The van der Waals surface area contributed by atoms with Gasteiger partial charge in [-0.25, -0.2) is 4.98 Å². The van der Waals surface area contributed by atoms with Crippen LogP contribution in [0.15, 0.2) is 11.0 Å². The van der Waals surface area contributed by atoms with Gasteiger partial charge < -0.3 is 14.6 Å². The third-order valence-corrected chi connectivity index (χ3v) is 8.41. The van der Waals surface area contributed by atoms with E-state index in [0.29, 0.717) is 6.42 Å². The number of fused-ring (bicyclic) bond motifs is 1. The number of esters is 1. The van der Waals surface area contributed by atoms with E-state index in [1.54, 1.807) is 32.1 Å². The highest BCUT2D eigenvalue weighted by molar-refractivity contribution is 7.09. The van der Waals surface area contributed by atoms with Gasteiger partial charge in [-0.3, -0.25) is 9.59 Å². The summed E-state index contributed by atoms with van der Waals surface area (Å²) in [6, 6.07) is 2.16. The van der Waals surface area contributed by atoms with E-state index in [-0.39, 0.29) is 30.3 Å². The molecule has 2 aliphatic heterocycles. The monoisotopic (exact) mass is 502 g/mol. The minimum absolute atomic E-state index is 0.00478. The molecule has 3 rings (SSSR count). The number of cyclic esters (lactones) is 1. The van der Waals surface area contributed by atoms with E-state index in [0.717, 1.165) is 35.5 Å². The third kappa shape index (κ3) is 6.78. The van der Waals surface area contributed by atoms with Crippen LogP contribution in [0.3, 0.4) is 0 Å². The third-order valence-electron chi connectivity index (χ3n) is 7.62. The van der Waals surface area contributed by atoms with E-state index in [4.69, 9.17) is 9.47 Å². The summed E-state index contributed by atoms with van der Waals surface area (Å²) in [5.74, 6) is -2.28. The van der Waals surface area contributed by atoms with Gasteiger partial charge in [-0.05, 0) is 44.3 Å². The Bertz CT molecular complexity index is 994. The second kappa shape index (κ2) is 11.3. The highest BCUT2D eigenvalue weighted by atomic mass is 32.1. The molecule has 0 amide bonds. The lowest BCUT2D eigenvalue weighted by atomic mass is 9.69. The fourth-order valence-electron chi connectivity index (χ4n) is 5.00. The van der Waals surface area contributed by atoms with Crippen LogP contribution in [0, 0.1) is 41.4 Å². The fraction of sp³-hybridized carbons (Fsp3) is 0.704. The Kier molecular flexibility index (Phi) is 8.90. The number of aliphatic hydroxyl groups excluding tert-OH is 1. The minimum Gasteiger partial charge on any atom is -0.458 e. The lowest BCUT2D eigenvalue weighted by molar-refractivity contribution is -0.150. The van der Waals surface area contributed by atoms with Gasteiger partial charge in [0.1, 0.15) is 11.9 Å². The lowest BCUT2D eigenvalue weighted by Gasteiger charge is -2.34. The summed E-state index contributed by atoms with van der Waals surface area (Å²) in [5.41, 5.74) is 0.589. The van der Waals surface area contributed by atoms with Crippen molar-refractivity contribution in [3.05, 3.63) is 21.7 Å². The first kappa shape index (κ1) is 27.5. The zero-order chi connectivity index (χ0) is 25.9. The van der Waals surface area contributed by atoms with E-state index in [9.17, 15) is 20.0 Å². The summed E-state index contributed by atoms with van der Waals surface area (Å²) in [7, 11) is 0. The van der Waals surface area contributed by atoms with Gasteiger partial charge in [-0.2, -0.15) is 5.26 Å². The van der Waals surface area contributed by atoms with Crippen molar-refractivity contribution >= 4 is 29.2 Å². The number of carbonyl (C=O) groups is 2. The number of ether oxygens (including phenoxy) is 2. The minimum atomic E-state index is -1.10. The number of Topliss-reactive ketones (excluding diaryl/α,β-unsaturated/α-hetero) is 1. The number of rotatable bonds is 2. The number of aliphatic hydroxyl groups is 1. The quantitative estimate of drug-likeness (QED) is 0.453. The number of aryl methyl sites for hydroxylation is 1. The number of nitriles is 1. The van der Waals surface area contributed by atoms with Crippen molar-refractivity contribution in [2.45, 2.75) is 98.1 Å². The molecule has 2 unspecified atom stereocenters. The van der Waals surface area contributed by atoms with Crippen molar-refractivity contribution in [1.82, 2.24) is 4.98 Å². The topological polar surface area (TPSA) is 113 Å². The Hall–Kier alpha value is -2.08. The van der Waals surface area contributed by atoms with Crippen LogP contribution in [-0.4, -0.2) is 46.3 Å². The fourth-order valence-corrected chi connectivity index (χ4v) is 5.57. The molecule has 192 valence electrons. The van der Waals surface area contributed by atoms with Crippen molar-refractivity contribution in [2.24, 2.45) is 23.2 Å². The molecule has 35 heavy (non-hydrogen) atoms. The van der Waals surface area contributed by atoms with Gasteiger partial charge in [0.25, 0.3) is 0 Å². The van der Waals surface area contributed by atoms with Gasteiger partial charge in [-0.15, -0.1) is 11.3 Å². The Morgan fingerprint density at radius 2 is 2.00 bits per heavy atom. The lowest BCUT2D eigenvalue weighted by Crippen LogP contribution is -2.43. The van der Waals surface area contributed by atoms with Crippen molar-refractivity contribution in [3.8, 4) is 6.07 Å². The SMILES string of the molecule is CC(=Cc1csc(C)n1)[C@@H]1CC2O[C@@H]2CCC[C@H](C)[C@H](O)C(C)C(=O)C(C)(C)[C@H](C#N)CC(=O)O1. The molecule has 2 saturated heterocycles. The Labute approximate surface area is 212 Å². The maximum absolute atomic E-state index is 13.3. The van der Waals surface area contributed by atoms with E-state index in [2.05, 4.69) is 11.1 Å². The van der Waals surface area contributed by atoms with Crippen molar-refractivity contribution in [3.63, 3.8) is 0 Å². The van der Waals surface area contributed by atoms with Gasteiger partial charge >= 0.3 is 5.97 Å². The van der Waals surface area contributed by atoms with Gasteiger partial charge in [0.2, 0.25) is 0 Å². The van der Waals surface area contributed by atoms with Gasteiger partial charge in [0.05, 0.1) is 47.4 Å². The normalized spacial score (nSPS) is 35.0.